The Balaban J connectivity index is 2.60. The largest absolute Gasteiger partial charge is 0.478 e. The van der Waals surface area contributed by atoms with E-state index in [-0.39, 0.29) is 16.8 Å². The third-order valence-electron chi connectivity index (χ3n) is 3.55. The number of nitrogens with zero attached hydrogens (tertiary/aromatic N) is 2. The van der Waals surface area contributed by atoms with Crippen LogP contribution in [0.3, 0.4) is 0 Å². The molecule has 0 radical (unpaired) electrons. The van der Waals surface area contributed by atoms with E-state index in [1.807, 2.05) is 6.07 Å². The molecular weight excluding hydrogens is 286 g/mol. The van der Waals surface area contributed by atoms with E-state index in [1.54, 1.807) is 13.8 Å². The average Bonchev–Trinajstić information content (AvgIpc) is 2.46. The van der Waals surface area contributed by atoms with Crippen molar-refractivity contribution < 1.29 is 14.8 Å². The van der Waals surface area contributed by atoms with Gasteiger partial charge in [0.05, 0.1) is 28.1 Å². The number of dihydropyridines is 1. The monoisotopic (exact) mass is 299 g/mol. The van der Waals surface area contributed by atoms with E-state index in [2.05, 4.69) is 5.32 Å². The number of carboxylic acids is 1. The molecule has 0 bridgehead atoms. The Hall–Kier alpha value is -3.14. The van der Waals surface area contributed by atoms with Crippen LogP contribution >= 0.6 is 0 Å². The van der Waals surface area contributed by atoms with Crippen molar-refractivity contribution in [1.82, 2.24) is 5.32 Å². The fourth-order valence-corrected chi connectivity index (χ4v) is 2.55. The lowest BCUT2D eigenvalue weighted by atomic mass is 9.81. The number of aliphatic carboxylic acids is 1. The first-order chi connectivity index (χ1) is 10.4. The van der Waals surface area contributed by atoms with Crippen LogP contribution in [0.5, 0.6) is 0 Å². The summed E-state index contributed by atoms with van der Waals surface area (Å²) in [6.07, 6.45) is 0. The van der Waals surface area contributed by atoms with E-state index in [0.717, 1.165) is 0 Å². The van der Waals surface area contributed by atoms with Crippen LogP contribution in [0.4, 0.5) is 5.69 Å². The van der Waals surface area contributed by atoms with E-state index in [9.17, 15) is 25.3 Å². The van der Waals surface area contributed by atoms with Crippen molar-refractivity contribution in [3.63, 3.8) is 0 Å². The lowest BCUT2D eigenvalue weighted by molar-refractivity contribution is -0.384. The predicted molar refractivity (Wildman–Crippen MR) is 77.6 cm³/mol. The van der Waals surface area contributed by atoms with Crippen molar-refractivity contribution >= 4 is 11.7 Å². The van der Waals surface area contributed by atoms with Crippen molar-refractivity contribution in [2.75, 3.05) is 0 Å². The van der Waals surface area contributed by atoms with E-state index >= 15 is 0 Å². The topological polar surface area (TPSA) is 116 Å². The van der Waals surface area contributed by atoms with Gasteiger partial charge in [-0.25, -0.2) is 4.79 Å². The summed E-state index contributed by atoms with van der Waals surface area (Å²) in [5, 5.41) is 32.4. The predicted octanol–water partition coefficient (Wildman–Crippen LogP) is 2.44. The number of rotatable bonds is 3. The molecule has 22 heavy (non-hydrogen) atoms. The molecule has 1 aromatic carbocycles. The van der Waals surface area contributed by atoms with Crippen molar-refractivity contribution in [3.05, 3.63) is 62.5 Å². The van der Waals surface area contributed by atoms with Gasteiger partial charge in [-0.1, -0.05) is 12.1 Å². The fourth-order valence-electron chi connectivity index (χ4n) is 2.55. The molecule has 0 amide bonds. The highest BCUT2D eigenvalue weighted by atomic mass is 16.6. The second-order valence-electron chi connectivity index (χ2n) is 4.90. The van der Waals surface area contributed by atoms with Crippen LogP contribution in [0, 0.1) is 21.4 Å². The Morgan fingerprint density at radius 3 is 2.36 bits per heavy atom. The van der Waals surface area contributed by atoms with Gasteiger partial charge in [0.1, 0.15) is 0 Å². The van der Waals surface area contributed by atoms with Crippen molar-refractivity contribution in [2.24, 2.45) is 0 Å². The molecule has 1 aliphatic rings. The lowest BCUT2D eigenvalue weighted by Crippen LogP contribution is -2.27. The maximum Gasteiger partial charge on any atom is 0.334 e. The maximum absolute atomic E-state index is 11.6. The number of carbonyl (C=O) groups is 1. The zero-order valence-corrected chi connectivity index (χ0v) is 12.0. The Morgan fingerprint density at radius 2 is 1.91 bits per heavy atom. The molecule has 0 aliphatic carbocycles. The fraction of sp³-hybridized carbons (Fsp3) is 0.200. The summed E-state index contributed by atoms with van der Waals surface area (Å²) >= 11 is 0. The van der Waals surface area contributed by atoms with Gasteiger partial charge in [0, 0.05) is 23.5 Å². The van der Waals surface area contributed by atoms with Gasteiger partial charge in [-0.15, -0.1) is 0 Å². The highest BCUT2D eigenvalue weighted by Gasteiger charge is 2.33. The van der Waals surface area contributed by atoms with E-state index in [4.69, 9.17) is 0 Å². The molecule has 0 spiro atoms. The molecule has 0 saturated heterocycles. The van der Waals surface area contributed by atoms with E-state index in [1.165, 1.54) is 24.3 Å². The highest BCUT2D eigenvalue weighted by Crippen LogP contribution is 2.38. The molecule has 1 heterocycles. The Bertz CT molecular complexity index is 754. The molecule has 2 N–H and O–H groups in total. The van der Waals surface area contributed by atoms with Crippen LogP contribution in [0.2, 0.25) is 0 Å². The summed E-state index contributed by atoms with van der Waals surface area (Å²) in [4.78, 5) is 21.7. The molecule has 1 aliphatic heterocycles. The summed E-state index contributed by atoms with van der Waals surface area (Å²) in [5.74, 6) is -1.88. The number of nitro groups is 1. The standard InChI is InChI=1S/C15H13N3O4/c1-8-12(7-16)14(13(15(19)20)9(2)17-8)10-3-5-11(6-4-10)18(21)22/h3-6,14,17H,1-2H3,(H,19,20). The quantitative estimate of drug-likeness (QED) is 0.654. The first-order valence-electron chi connectivity index (χ1n) is 6.43. The summed E-state index contributed by atoms with van der Waals surface area (Å²) in [5.41, 5.74) is 1.82. The summed E-state index contributed by atoms with van der Waals surface area (Å²) in [7, 11) is 0. The van der Waals surface area contributed by atoms with Crippen LogP contribution in [0.1, 0.15) is 25.3 Å². The van der Waals surface area contributed by atoms with Crippen molar-refractivity contribution in [1.29, 1.82) is 5.26 Å². The zero-order valence-electron chi connectivity index (χ0n) is 12.0. The molecule has 0 saturated carbocycles. The van der Waals surface area contributed by atoms with Gasteiger partial charge in [-0.05, 0) is 19.4 Å². The van der Waals surface area contributed by atoms with Crippen LogP contribution in [-0.4, -0.2) is 16.0 Å². The molecule has 1 unspecified atom stereocenters. The summed E-state index contributed by atoms with van der Waals surface area (Å²) in [6, 6.07) is 7.60. The number of nitrogens with one attached hydrogen (secondary N) is 1. The van der Waals surface area contributed by atoms with Gasteiger partial charge >= 0.3 is 5.97 Å². The van der Waals surface area contributed by atoms with Crippen LogP contribution < -0.4 is 5.32 Å². The second kappa shape index (κ2) is 5.69. The minimum atomic E-state index is -1.13. The Kier molecular flexibility index (Phi) is 3.95. The van der Waals surface area contributed by atoms with Crippen molar-refractivity contribution in [2.45, 2.75) is 19.8 Å². The van der Waals surface area contributed by atoms with Gasteiger partial charge in [0.2, 0.25) is 0 Å². The normalized spacial score (nSPS) is 17.8. The molecule has 112 valence electrons. The van der Waals surface area contributed by atoms with Crippen LogP contribution in [0.15, 0.2) is 46.8 Å². The molecule has 7 nitrogen and oxygen atoms in total. The van der Waals surface area contributed by atoms with Crippen molar-refractivity contribution in [3.8, 4) is 6.07 Å². The summed E-state index contributed by atoms with van der Waals surface area (Å²) in [6.45, 7) is 3.32. The highest BCUT2D eigenvalue weighted by molar-refractivity contribution is 5.91. The molecular formula is C15H13N3O4. The van der Waals surface area contributed by atoms with Crippen LogP contribution in [0.25, 0.3) is 0 Å². The van der Waals surface area contributed by atoms with Gasteiger partial charge in [0.15, 0.2) is 0 Å². The second-order valence-corrected chi connectivity index (χ2v) is 4.90. The molecule has 7 heteroatoms. The van der Waals surface area contributed by atoms with Gasteiger partial charge < -0.3 is 10.4 Å². The summed E-state index contributed by atoms with van der Waals surface area (Å²) < 4.78 is 0. The average molecular weight is 299 g/mol. The lowest BCUT2D eigenvalue weighted by Gasteiger charge is -2.27. The minimum Gasteiger partial charge on any atom is -0.478 e. The first-order valence-corrected chi connectivity index (χ1v) is 6.43. The molecule has 2 rings (SSSR count). The number of hydrogen-bond acceptors (Lipinski definition) is 5. The zero-order chi connectivity index (χ0) is 16.4. The van der Waals surface area contributed by atoms with Gasteiger partial charge in [-0.3, -0.25) is 10.1 Å². The third kappa shape index (κ3) is 2.54. The molecule has 1 aromatic rings. The molecule has 1 atom stereocenters. The minimum absolute atomic E-state index is 0.0657. The number of nitro benzene ring substituents is 1. The third-order valence-corrected chi connectivity index (χ3v) is 3.55. The molecule has 0 fully saturated rings. The SMILES string of the molecule is CC1=C(C#N)C(c2ccc([N+](=O)[O-])cc2)C(C(=O)O)=C(C)N1. The Morgan fingerprint density at radius 1 is 1.32 bits per heavy atom. The Labute approximate surface area is 126 Å². The van der Waals surface area contributed by atoms with E-state index in [0.29, 0.717) is 17.0 Å². The smallest absolute Gasteiger partial charge is 0.334 e. The number of carboxylic acid groups (broad SMARTS) is 1. The number of non-ortho nitro benzene ring substituents is 1. The van der Waals surface area contributed by atoms with Gasteiger partial charge in [0.25, 0.3) is 5.69 Å². The number of allylic oxidation sites excluding steroid dienone is 3. The number of hydrogen-bond donors (Lipinski definition) is 2. The molecule has 0 aromatic heterocycles. The maximum atomic E-state index is 11.6. The van der Waals surface area contributed by atoms with Gasteiger partial charge in [-0.2, -0.15) is 5.26 Å². The number of benzene rings is 1. The van der Waals surface area contributed by atoms with Crippen LogP contribution in [-0.2, 0) is 4.79 Å². The first kappa shape index (κ1) is 15.3. The number of nitriles is 1. The van der Waals surface area contributed by atoms with E-state index < -0.39 is 16.8 Å².